The maximum absolute atomic E-state index is 14.8. The van der Waals surface area contributed by atoms with Gasteiger partial charge in [-0.05, 0) is 67.0 Å². The Morgan fingerprint density at radius 2 is 1.68 bits per heavy atom. The smallest absolute Gasteiger partial charge is 0.337 e. The summed E-state index contributed by atoms with van der Waals surface area (Å²) < 4.78 is 66.1. The molecule has 2 fully saturated rings. The number of hydrogen-bond donors (Lipinski definition) is 3. The van der Waals surface area contributed by atoms with Gasteiger partial charge in [-0.25, -0.2) is 18.0 Å². The van der Waals surface area contributed by atoms with Gasteiger partial charge in [-0.1, -0.05) is 42.5 Å². The van der Waals surface area contributed by atoms with Gasteiger partial charge in [-0.3, -0.25) is 14.4 Å². The Balaban J connectivity index is 1.26. The maximum Gasteiger partial charge on any atom is 0.337 e. The van der Waals surface area contributed by atoms with Gasteiger partial charge in [0.05, 0.1) is 12.6 Å². The number of piperazine rings is 1. The third kappa shape index (κ3) is 8.36. The van der Waals surface area contributed by atoms with Gasteiger partial charge in [0, 0.05) is 42.9 Å². The number of carbonyl (C=O) groups is 4. The number of aryl methyl sites for hydroxylation is 1. The second kappa shape index (κ2) is 16.2. The Morgan fingerprint density at radius 3 is 2.36 bits per heavy atom. The lowest BCUT2D eigenvalue weighted by Crippen LogP contribution is -2.64. The summed E-state index contributed by atoms with van der Waals surface area (Å²) in [7, 11) is 0. The van der Waals surface area contributed by atoms with Gasteiger partial charge in [0.1, 0.15) is 5.82 Å². The molecule has 2 amide bonds. The maximum atomic E-state index is 14.8. The number of aliphatic hydroxyl groups excluding tert-OH is 1. The molecule has 1 saturated carbocycles. The lowest BCUT2D eigenvalue weighted by Gasteiger charge is -2.45. The molecule has 2 bridgehead atoms. The Labute approximate surface area is 301 Å². The van der Waals surface area contributed by atoms with Crippen LogP contribution in [0.1, 0.15) is 42.4 Å². The summed E-state index contributed by atoms with van der Waals surface area (Å²) in [6.45, 7) is -0.239. The van der Waals surface area contributed by atoms with Crippen LogP contribution in [0.2, 0.25) is 0 Å². The molecular formula is C38H37F4N3O8. The fourth-order valence-electron chi connectivity index (χ4n) is 6.87. The lowest BCUT2D eigenvalue weighted by atomic mass is 9.82. The standard InChI is InChI=1S/C38H37F4N3O8/c39-27-6-2-1-5-23(27)17-45(25-11-12-25)36(48)31-26(16-24-18-44(19-30(31)43-24)37(49)35(53-20-46)33(47)38(50)51)22-9-7-21(8-10-22)4-3-15-52-34-29(41)14-13-28(40)32(34)42/h1-2,5-10,13-14,20,24-25,30,33,35,43,47H,3-4,11-12,15-19H2,(H,50,51)/t24-,30-,33+,35+/m1/s1. The van der Waals surface area contributed by atoms with Crippen molar-refractivity contribution in [3.8, 4) is 5.75 Å². The monoisotopic (exact) mass is 739 g/mol. The van der Waals surface area contributed by atoms with Crippen LogP contribution in [-0.2, 0) is 36.9 Å². The number of aliphatic hydroxyl groups is 1. The Kier molecular flexibility index (Phi) is 11.4. The number of hydrogen-bond acceptors (Lipinski definition) is 8. The molecule has 11 nitrogen and oxygen atoms in total. The first kappa shape index (κ1) is 37.5. The van der Waals surface area contributed by atoms with Crippen LogP contribution in [0.15, 0.2) is 66.2 Å². The molecule has 3 aliphatic rings. The zero-order chi connectivity index (χ0) is 37.8. The first-order chi connectivity index (χ1) is 25.5. The number of carboxylic acids is 1. The number of fused-ring (bicyclic) bond motifs is 2. The number of halogens is 4. The predicted octanol–water partition coefficient (Wildman–Crippen LogP) is 3.76. The zero-order valence-electron chi connectivity index (χ0n) is 28.4. The second-order valence-corrected chi connectivity index (χ2v) is 13.3. The number of benzene rings is 3. The number of carbonyl (C=O) groups excluding carboxylic acids is 3. The summed E-state index contributed by atoms with van der Waals surface area (Å²) >= 11 is 0. The number of rotatable bonds is 15. The molecule has 1 saturated heterocycles. The van der Waals surface area contributed by atoms with Crippen molar-refractivity contribution in [3.63, 3.8) is 0 Å². The van der Waals surface area contributed by atoms with Gasteiger partial charge < -0.3 is 34.8 Å². The predicted molar refractivity (Wildman–Crippen MR) is 180 cm³/mol. The van der Waals surface area contributed by atoms with Gasteiger partial charge in [-0.15, -0.1) is 0 Å². The van der Waals surface area contributed by atoms with Crippen molar-refractivity contribution in [1.82, 2.24) is 15.1 Å². The van der Waals surface area contributed by atoms with Gasteiger partial charge in [0.2, 0.25) is 11.9 Å². The van der Waals surface area contributed by atoms with Crippen molar-refractivity contribution in [2.75, 3.05) is 19.7 Å². The van der Waals surface area contributed by atoms with Gasteiger partial charge in [-0.2, -0.15) is 4.39 Å². The molecule has 2 heterocycles. The summed E-state index contributed by atoms with van der Waals surface area (Å²) in [5, 5.41) is 22.9. The molecule has 0 aromatic heterocycles. The van der Waals surface area contributed by atoms with Crippen LogP contribution in [0, 0.1) is 23.3 Å². The average Bonchev–Trinajstić information content (AvgIpc) is 3.99. The van der Waals surface area contributed by atoms with Gasteiger partial charge >= 0.3 is 5.97 Å². The number of nitrogens with zero attached hydrogens (tertiary/aromatic N) is 2. The SMILES string of the molecule is O=CO[C@H](C(=O)N1C[C@H]2CC(c3ccc(CCCOc4c(F)ccc(F)c4F)cc3)=C(C(=O)N(Cc3ccccc3F)C3CC3)[C@@H](C1)N2)[C@H](O)C(=O)O. The van der Waals surface area contributed by atoms with E-state index < -0.39 is 65.2 Å². The molecule has 53 heavy (non-hydrogen) atoms. The number of nitrogens with one attached hydrogen (secondary N) is 1. The zero-order valence-corrected chi connectivity index (χ0v) is 28.4. The topological polar surface area (TPSA) is 146 Å². The molecule has 3 aromatic carbocycles. The van der Waals surface area contributed by atoms with E-state index in [-0.39, 0.29) is 51.1 Å². The molecule has 0 spiro atoms. The summed E-state index contributed by atoms with van der Waals surface area (Å²) in [6, 6.07) is 13.7. The number of aliphatic carboxylic acids is 1. The van der Waals surface area contributed by atoms with Gasteiger partial charge in [0.25, 0.3) is 18.3 Å². The minimum Gasteiger partial charge on any atom is -0.488 e. The van der Waals surface area contributed by atoms with E-state index in [1.807, 2.05) is 24.3 Å². The fraction of sp³-hybridized carbons (Fsp3) is 0.368. The summed E-state index contributed by atoms with van der Waals surface area (Å²) in [5.41, 5.74) is 2.96. The van der Waals surface area contributed by atoms with Crippen LogP contribution in [0.3, 0.4) is 0 Å². The second-order valence-electron chi connectivity index (χ2n) is 13.3. The van der Waals surface area contributed by atoms with Gasteiger partial charge in [0.15, 0.2) is 23.5 Å². The van der Waals surface area contributed by atoms with Crippen molar-refractivity contribution in [1.29, 1.82) is 0 Å². The highest BCUT2D eigenvalue weighted by molar-refractivity contribution is 6.03. The van der Waals surface area contributed by atoms with E-state index in [0.29, 0.717) is 35.6 Å². The summed E-state index contributed by atoms with van der Waals surface area (Å²) in [6.07, 6.45) is -1.78. The molecule has 3 aromatic rings. The van der Waals surface area contributed by atoms with Crippen LogP contribution in [0.25, 0.3) is 5.57 Å². The molecule has 4 atom stereocenters. The third-order valence-electron chi connectivity index (χ3n) is 9.64. The minimum atomic E-state index is -2.31. The van der Waals surface area contributed by atoms with Crippen molar-refractivity contribution in [2.45, 2.75) is 69.0 Å². The molecule has 0 unspecified atom stereocenters. The first-order valence-electron chi connectivity index (χ1n) is 17.1. The molecule has 2 aliphatic heterocycles. The van der Waals surface area contributed by atoms with Crippen molar-refractivity contribution < 1.29 is 56.4 Å². The molecule has 6 rings (SSSR count). The van der Waals surface area contributed by atoms with Crippen molar-refractivity contribution >= 4 is 29.8 Å². The molecule has 0 radical (unpaired) electrons. The highest BCUT2D eigenvalue weighted by atomic mass is 19.2. The first-order valence-corrected chi connectivity index (χ1v) is 17.1. The van der Waals surface area contributed by atoms with E-state index >= 15 is 0 Å². The van der Waals surface area contributed by atoms with Crippen LogP contribution in [0.4, 0.5) is 17.6 Å². The highest BCUT2D eigenvalue weighted by Gasteiger charge is 2.46. The molecule has 1 aliphatic carbocycles. The lowest BCUT2D eigenvalue weighted by molar-refractivity contribution is -0.170. The van der Waals surface area contributed by atoms with E-state index in [1.165, 1.54) is 11.0 Å². The number of carboxylic acid groups (broad SMARTS) is 1. The van der Waals surface area contributed by atoms with E-state index in [0.717, 1.165) is 30.0 Å². The third-order valence-corrected chi connectivity index (χ3v) is 9.64. The Hall–Kier alpha value is -5.28. The van der Waals surface area contributed by atoms with E-state index in [9.17, 15) is 47.0 Å². The van der Waals surface area contributed by atoms with E-state index in [1.54, 1.807) is 23.1 Å². The molecule has 280 valence electrons. The summed E-state index contributed by atoms with van der Waals surface area (Å²) in [4.78, 5) is 53.6. The Bertz CT molecular complexity index is 1900. The minimum absolute atomic E-state index is 0.0101. The van der Waals surface area contributed by atoms with E-state index in [4.69, 9.17) is 9.47 Å². The van der Waals surface area contributed by atoms with Crippen molar-refractivity contribution in [2.24, 2.45) is 0 Å². The van der Waals surface area contributed by atoms with Crippen molar-refractivity contribution in [3.05, 3.63) is 106 Å². The average molecular weight is 740 g/mol. The summed E-state index contributed by atoms with van der Waals surface area (Å²) in [5.74, 6) is -7.90. The highest BCUT2D eigenvalue weighted by Crippen LogP contribution is 2.38. The fourth-order valence-corrected chi connectivity index (χ4v) is 6.87. The Morgan fingerprint density at radius 1 is 0.962 bits per heavy atom. The number of ether oxygens (including phenoxy) is 2. The molecular weight excluding hydrogens is 702 g/mol. The molecule has 15 heteroatoms. The normalized spacial score (nSPS) is 19.3. The molecule has 3 N–H and O–H groups in total. The quantitative estimate of drug-likeness (QED) is 0.0919. The number of amides is 2. The van der Waals surface area contributed by atoms with Crippen LogP contribution < -0.4 is 10.1 Å². The van der Waals surface area contributed by atoms with E-state index in [2.05, 4.69) is 5.32 Å². The van der Waals surface area contributed by atoms with Crippen LogP contribution >= 0.6 is 0 Å². The van der Waals surface area contributed by atoms with Crippen LogP contribution in [0.5, 0.6) is 5.75 Å². The van der Waals surface area contributed by atoms with Crippen LogP contribution in [-0.4, -0.2) is 94.3 Å². The largest absolute Gasteiger partial charge is 0.488 e.